The molecule has 0 bridgehead atoms. The number of carbonyl (C=O) groups excluding carboxylic acids is 1. The van der Waals surface area contributed by atoms with Gasteiger partial charge in [-0.3, -0.25) is 4.79 Å². The minimum Gasteiger partial charge on any atom is -0.352 e. The number of hydrogen-bond acceptors (Lipinski definition) is 2. The molecule has 1 unspecified atom stereocenters. The second kappa shape index (κ2) is 8.70. The molecule has 3 N–H and O–H groups in total. The van der Waals surface area contributed by atoms with Crippen LogP contribution in [0.5, 0.6) is 0 Å². The van der Waals surface area contributed by atoms with Gasteiger partial charge in [-0.15, -0.1) is 0 Å². The van der Waals surface area contributed by atoms with Gasteiger partial charge in [0.15, 0.2) is 0 Å². The second-order valence-electron chi connectivity index (χ2n) is 5.07. The maximum atomic E-state index is 11.9. The number of carbonyl (C=O) groups is 1. The molecule has 0 aliphatic heterocycles. The molecular weight excluding hydrogens is 236 g/mol. The number of benzene rings is 1. The van der Waals surface area contributed by atoms with E-state index in [-0.39, 0.29) is 11.9 Å². The molecule has 0 aliphatic rings. The number of nitrogens with two attached hydrogens (primary N) is 1. The first-order chi connectivity index (χ1) is 9.17. The van der Waals surface area contributed by atoms with Crippen LogP contribution in [0.4, 0.5) is 0 Å². The van der Waals surface area contributed by atoms with Crippen LogP contribution < -0.4 is 11.1 Å². The van der Waals surface area contributed by atoms with Crippen molar-refractivity contribution in [2.75, 3.05) is 6.54 Å². The molecule has 1 atom stereocenters. The van der Waals surface area contributed by atoms with Gasteiger partial charge in [0, 0.05) is 19.0 Å². The molecule has 1 rings (SSSR count). The number of rotatable bonds is 8. The average Bonchev–Trinajstić information content (AvgIpc) is 2.42. The smallest absolute Gasteiger partial charge is 0.220 e. The predicted molar refractivity (Wildman–Crippen MR) is 80.0 cm³/mol. The van der Waals surface area contributed by atoms with Gasteiger partial charge in [0.25, 0.3) is 0 Å². The predicted octanol–water partition coefficient (Wildman–Crippen LogP) is 2.56. The zero-order valence-electron chi connectivity index (χ0n) is 12.1. The zero-order chi connectivity index (χ0) is 14.1. The van der Waals surface area contributed by atoms with Crippen LogP contribution in [0.15, 0.2) is 24.3 Å². The van der Waals surface area contributed by atoms with E-state index >= 15 is 0 Å². The average molecular weight is 262 g/mol. The van der Waals surface area contributed by atoms with Gasteiger partial charge in [0.1, 0.15) is 0 Å². The Balaban J connectivity index is 2.36. The monoisotopic (exact) mass is 262 g/mol. The van der Waals surface area contributed by atoms with Crippen molar-refractivity contribution in [2.24, 2.45) is 5.73 Å². The number of amides is 1. The summed E-state index contributed by atoms with van der Waals surface area (Å²) in [6.45, 7) is 4.75. The van der Waals surface area contributed by atoms with E-state index < -0.39 is 0 Å². The molecule has 0 aromatic heterocycles. The molecule has 3 nitrogen and oxygen atoms in total. The van der Waals surface area contributed by atoms with Crippen LogP contribution in [0.2, 0.25) is 0 Å². The zero-order valence-corrected chi connectivity index (χ0v) is 12.1. The highest BCUT2D eigenvalue weighted by Crippen LogP contribution is 2.09. The molecule has 1 aromatic carbocycles. The fourth-order valence-corrected chi connectivity index (χ4v) is 2.14. The van der Waals surface area contributed by atoms with Crippen molar-refractivity contribution in [1.29, 1.82) is 0 Å². The van der Waals surface area contributed by atoms with Crippen LogP contribution in [0.1, 0.15) is 43.7 Å². The molecule has 0 heterocycles. The van der Waals surface area contributed by atoms with E-state index in [4.69, 9.17) is 5.73 Å². The van der Waals surface area contributed by atoms with Gasteiger partial charge in [-0.2, -0.15) is 0 Å². The molecule has 106 valence electrons. The molecular formula is C16H26N2O. The second-order valence-corrected chi connectivity index (χ2v) is 5.07. The SMILES string of the molecule is CCCCC(CN)NC(=O)CCc1ccccc1C. The van der Waals surface area contributed by atoms with Gasteiger partial charge in [0.05, 0.1) is 0 Å². The van der Waals surface area contributed by atoms with Crippen molar-refractivity contribution in [1.82, 2.24) is 5.32 Å². The third kappa shape index (κ3) is 5.88. The molecule has 0 saturated carbocycles. The van der Waals surface area contributed by atoms with E-state index in [1.165, 1.54) is 11.1 Å². The number of aryl methyl sites for hydroxylation is 2. The van der Waals surface area contributed by atoms with E-state index in [0.29, 0.717) is 13.0 Å². The lowest BCUT2D eigenvalue weighted by molar-refractivity contribution is -0.121. The van der Waals surface area contributed by atoms with E-state index in [1.807, 2.05) is 12.1 Å². The highest BCUT2D eigenvalue weighted by molar-refractivity contribution is 5.76. The minimum atomic E-state index is 0.106. The van der Waals surface area contributed by atoms with Crippen LogP contribution >= 0.6 is 0 Å². The quantitative estimate of drug-likeness (QED) is 0.756. The van der Waals surface area contributed by atoms with Gasteiger partial charge < -0.3 is 11.1 Å². The third-order valence-electron chi connectivity index (χ3n) is 3.44. The highest BCUT2D eigenvalue weighted by atomic mass is 16.1. The van der Waals surface area contributed by atoms with Crippen molar-refractivity contribution in [3.05, 3.63) is 35.4 Å². The number of unbranched alkanes of at least 4 members (excludes halogenated alkanes) is 1. The third-order valence-corrected chi connectivity index (χ3v) is 3.44. The fraction of sp³-hybridized carbons (Fsp3) is 0.562. The first-order valence-corrected chi connectivity index (χ1v) is 7.21. The van der Waals surface area contributed by atoms with E-state index in [9.17, 15) is 4.79 Å². The van der Waals surface area contributed by atoms with E-state index in [2.05, 4.69) is 31.3 Å². The van der Waals surface area contributed by atoms with Crippen molar-refractivity contribution >= 4 is 5.91 Å². The number of nitrogens with one attached hydrogen (secondary N) is 1. The fourth-order valence-electron chi connectivity index (χ4n) is 2.14. The van der Waals surface area contributed by atoms with Crippen molar-refractivity contribution in [3.63, 3.8) is 0 Å². The molecule has 0 aliphatic carbocycles. The summed E-state index contributed by atoms with van der Waals surface area (Å²) in [6.07, 6.45) is 4.55. The Kier molecular flexibility index (Phi) is 7.19. The maximum absolute atomic E-state index is 11.9. The van der Waals surface area contributed by atoms with Gasteiger partial charge >= 0.3 is 0 Å². The summed E-state index contributed by atoms with van der Waals surface area (Å²) in [5.41, 5.74) is 8.17. The van der Waals surface area contributed by atoms with Crippen LogP contribution in [0, 0.1) is 6.92 Å². The maximum Gasteiger partial charge on any atom is 0.220 e. The first kappa shape index (κ1) is 15.7. The van der Waals surface area contributed by atoms with Gasteiger partial charge in [-0.25, -0.2) is 0 Å². The van der Waals surface area contributed by atoms with Gasteiger partial charge in [-0.1, -0.05) is 44.0 Å². The standard InChI is InChI=1S/C16H26N2O/c1-3-4-9-15(12-17)18-16(19)11-10-14-8-6-5-7-13(14)2/h5-8,15H,3-4,9-12,17H2,1-2H3,(H,18,19). The molecule has 0 spiro atoms. The lowest BCUT2D eigenvalue weighted by atomic mass is 10.0. The lowest BCUT2D eigenvalue weighted by Gasteiger charge is -2.16. The van der Waals surface area contributed by atoms with Crippen LogP contribution in [-0.4, -0.2) is 18.5 Å². The normalized spacial score (nSPS) is 12.2. The summed E-state index contributed by atoms with van der Waals surface area (Å²) in [5.74, 6) is 0.106. The highest BCUT2D eigenvalue weighted by Gasteiger charge is 2.10. The summed E-state index contributed by atoms with van der Waals surface area (Å²) < 4.78 is 0. The summed E-state index contributed by atoms with van der Waals surface area (Å²) in [5, 5.41) is 3.03. The van der Waals surface area contributed by atoms with E-state index in [1.54, 1.807) is 0 Å². The molecule has 0 fully saturated rings. The van der Waals surface area contributed by atoms with Crippen molar-refractivity contribution in [2.45, 2.75) is 52.0 Å². The Morgan fingerprint density at radius 3 is 2.74 bits per heavy atom. The molecule has 3 heteroatoms. The van der Waals surface area contributed by atoms with Crippen LogP contribution in [0.25, 0.3) is 0 Å². The summed E-state index contributed by atoms with van der Waals surface area (Å²) in [4.78, 5) is 11.9. The molecule has 0 radical (unpaired) electrons. The largest absolute Gasteiger partial charge is 0.352 e. The Labute approximate surface area is 116 Å². The summed E-state index contributed by atoms with van der Waals surface area (Å²) in [7, 11) is 0. The lowest BCUT2D eigenvalue weighted by Crippen LogP contribution is -2.40. The Hall–Kier alpha value is -1.35. The molecule has 0 saturated heterocycles. The summed E-state index contributed by atoms with van der Waals surface area (Å²) >= 11 is 0. The Morgan fingerprint density at radius 1 is 1.37 bits per heavy atom. The van der Waals surface area contributed by atoms with Gasteiger partial charge in [-0.05, 0) is 30.9 Å². The van der Waals surface area contributed by atoms with Crippen molar-refractivity contribution in [3.8, 4) is 0 Å². The molecule has 19 heavy (non-hydrogen) atoms. The number of hydrogen-bond donors (Lipinski definition) is 2. The van der Waals surface area contributed by atoms with Crippen molar-refractivity contribution < 1.29 is 4.79 Å². The van der Waals surface area contributed by atoms with Crippen LogP contribution in [-0.2, 0) is 11.2 Å². The molecule has 1 amide bonds. The Bertz CT molecular complexity index is 390. The molecule has 1 aromatic rings. The Morgan fingerprint density at radius 2 is 2.11 bits per heavy atom. The first-order valence-electron chi connectivity index (χ1n) is 7.21. The van der Waals surface area contributed by atoms with Crippen LogP contribution in [0.3, 0.4) is 0 Å². The van der Waals surface area contributed by atoms with E-state index in [0.717, 1.165) is 25.7 Å². The topological polar surface area (TPSA) is 55.1 Å². The minimum absolute atomic E-state index is 0.106. The van der Waals surface area contributed by atoms with Gasteiger partial charge in [0.2, 0.25) is 5.91 Å². The summed E-state index contributed by atoms with van der Waals surface area (Å²) in [6, 6.07) is 8.33.